The van der Waals surface area contributed by atoms with Crippen molar-refractivity contribution in [2.24, 2.45) is 5.73 Å². The molecule has 0 saturated heterocycles. The monoisotopic (exact) mass is 596 g/mol. The summed E-state index contributed by atoms with van der Waals surface area (Å²) in [4.78, 5) is 18.2. The molecule has 0 bridgehead atoms. The number of ether oxygens (including phenoxy) is 3. The van der Waals surface area contributed by atoms with Crippen molar-refractivity contribution in [3.05, 3.63) is 76.8 Å². The Morgan fingerprint density at radius 1 is 1.27 bits per heavy atom. The van der Waals surface area contributed by atoms with Crippen molar-refractivity contribution in [3.63, 3.8) is 0 Å². The van der Waals surface area contributed by atoms with Gasteiger partial charge < -0.3 is 24.8 Å². The molecule has 0 unspecified atom stereocenters. The van der Waals surface area contributed by atoms with E-state index in [4.69, 9.17) is 19.9 Å². The maximum absolute atomic E-state index is 12.9. The predicted octanol–water partition coefficient (Wildman–Crippen LogP) is 5.64. The summed E-state index contributed by atoms with van der Waals surface area (Å²) < 4.78 is 56.5. The van der Waals surface area contributed by atoms with Crippen molar-refractivity contribution in [1.82, 2.24) is 14.5 Å². The Morgan fingerprint density at radius 2 is 2.02 bits per heavy atom. The third-order valence-electron chi connectivity index (χ3n) is 5.87. The summed E-state index contributed by atoms with van der Waals surface area (Å²) in [7, 11) is 3.79. The first kappa shape index (κ1) is 34.0. The Labute approximate surface area is 243 Å². The lowest BCUT2D eigenvalue weighted by atomic mass is 10.0. The van der Waals surface area contributed by atoms with Crippen LogP contribution in [0.4, 0.5) is 13.2 Å². The molecule has 2 aromatic rings. The van der Waals surface area contributed by atoms with E-state index in [-0.39, 0.29) is 22.8 Å². The van der Waals surface area contributed by atoms with Crippen molar-refractivity contribution in [2.45, 2.75) is 32.9 Å². The van der Waals surface area contributed by atoms with Crippen LogP contribution in [-0.2, 0) is 9.47 Å². The van der Waals surface area contributed by atoms with Gasteiger partial charge in [-0.05, 0) is 38.5 Å². The standard InChI is InChI=1S/C19H18F3N3O2S.C10H21NO2/c1-12-9-24-11-25(12)16-7-15(17(28-16)18(23)26)27-10-14-6-4-2-3-5-13(14)8-19(20,21)22;1-4-5-8-13-10-7-11(2)6-9-12-3/h2-5,7,9,11H,6,8,10H2,1H3,(H2,23,26);4-5H,6-10H2,1-3H3/b;5-4-. The molecule has 2 heterocycles. The van der Waals surface area contributed by atoms with Gasteiger partial charge in [-0.2, -0.15) is 13.2 Å². The number of amides is 1. The lowest BCUT2D eigenvalue weighted by Gasteiger charge is -2.15. The number of thiophene rings is 1. The number of nitrogens with zero attached hydrogens (tertiary/aromatic N) is 3. The molecule has 1 amide bonds. The van der Waals surface area contributed by atoms with Crippen LogP contribution in [0, 0.1) is 6.92 Å². The molecular formula is C29H39F3N4O4S. The molecule has 1 aliphatic rings. The van der Waals surface area contributed by atoms with Gasteiger partial charge in [0.15, 0.2) is 0 Å². The highest BCUT2D eigenvalue weighted by Crippen LogP contribution is 2.34. The minimum absolute atomic E-state index is 0.0700. The zero-order valence-corrected chi connectivity index (χ0v) is 24.8. The minimum atomic E-state index is -4.32. The van der Waals surface area contributed by atoms with Gasteiger partial charge in [-0.3, -0.25) is 9.36 Å². The number of aryl methyl sites for hydroxylation is 1. The van der Waals surface area contributed by atoms with Crippen molar-refractivity contribution >= 4 is 17.2 Å². The van der Waals surface area contributed by atoms with E-state index in [2.05, 4.69) is 16.9 Å². The second-order valence-corrected chi connectivity index (χ2v) is 10.2. The molecule has 3 rings (SSSR count). The Balaban J connectivity index is 0.000000383. The van der Waals surface area contributed by atoms with Gasteiger partial charge in [0, 0.05) is 38.2 Å². The molecule has 8 nitrogen and oxygen atoms in total. The zero-order chi connectivity index (χ0) is 30.3. The summed E-state index contributed by atoms with van der Waals surface area (Å²) in [6.45, 7) is 7.98. The SMILES string of the molecule is C/C=C\COCCN(C)CCOC.Cc1cncn1-c1cc(OCC2=C(CC(F)(F)F)C=CC=CC2)c(C(N)=O)s1. The average Bonchev–Trinajstić information content (AvgIpc) is 3.47. The number of hydrogen-bond donors (Lipinski definition) is 1. The summed E-state index contributed by atoms with van der Waals surface area (Å²) >= 11 is 1.14. The number of likely N-dealkylation sites (N-methyl/N-ethyl adjacent to an activating group) is 1. The van der Waals surface area contributed by atoms with Crippen molar-refractivity contribution in [1.29, 1.82) is 0 Å². The number of aromatic nitrogens is 2. The first-order valence-corrected chi connectivity index (χ1v) is 13.9. The average molecular weight is 597 g/mol. The van der Waals surface area contributed by atoms with Gasteiger partial charge in [0.2, 0.25) is 0 Å². The number of primary amides is 1. The number of rotatable bonds is 14. The van der Waals surface area contributed by atoms with Gasteiger partial charge >= 0.3 is 6.18 Å². The van der Waals surface area contributed by atoms with Crippen molar-refractivity contribution in [2.75, 3.05) is 53.7 Å². The second-order valence-electron chi connectivity index (χ2n) is 9.19. The maximum atomic E-state index is 12.9. The largest absolute Gasteiger partial charge is 0.487 e. The number of methoxy groups -OCH3 is 1. The van der Waals surface area contributed by atoms with Crippen LogP contribution in [0.5, 0.6) is 5.75 Å². The molecule has 0 spiro atoms. The van der Waals surface area contributed by atoms with E-state index in [9.17, 15) is 18.0 Å². The number of carbonyl (C=O) groups excluding carboxylic acids is 1. The molecule has 0 atom stereocenters. The molecule has 1 aliphatic carbocycles. The van der Waals surface area contributed by atoms with Crippen molar-refractivity contribution in [3.8, 4) is 10.8 Å². The highest BCUT2D eigenvalue weighted by molar-refractivity contribution is 7.16. The van der Waals surface area contributed by atoms with Crippen LogP contribution in [0.2, 0.25) is 0 Å². The molecular weight excluding hydrogens is 557 g/mol. The number of carbonyl (C=O) groups is 1. The van der Waals surface area contributed by atoms with Crippen LogP contribution in [0.25, 0.3) is 5.00 Å². The molecule has 41 heavy (non-hydrogen) atoms. The predicted molar refractivity (Wildman–Crippen MR) is 156 cm³/mol. The summed E-state index contributed by atoms with van der Waals surface area (Å²) in [6, 6.07) is 1.64. The van der Waals surface area contributed by atoms with E-state index in [1.54, 1.807) is 48.5 Å². The highest BCUT2D eigenvalue weighted by Gasteiger charge is 2.29. The molecule has 0 aliphatic heterocycles. The van der Waals surface area contributed by atoms with E-state index < -0.39 is 18.5 Å². The molecule has 2 aromatic heterocycles. The fraction of sp³-hybridized carbons (Fsp3) is 0.448. The van der Waals surface area contributed by atoms with Crippen LogP contribution in [0.15, 0.2) is 66.2 Å². The lowest BCUT2D eigenvalue weighted by molar-refractivity contribution is -0.126. The van der Waals surface area contributed by atoms with Crippen LogP contribution >= 0.6 is 11.3 Å². The molecule has 0 aromatic carbocycles. The van der Waals surface area contributed by atoms with Gasteiger partial charge in [0.25, 0.3) is 5.91 Å². The van der Waals surface area contributed by atoms with E-state index in [0.29, 0.717) is 23.6 Å². The number of allylic oxidation sites excluding steroid dienone is 6. The fourth-order valence-electron chi connectivity index (χ4n) is 3.60. The number of alkyl halides is 3. The van der Waals surface area contributed by atoms with E-state index in [1.807, 2.05) is 26.0 Å². The normalized spacial score (nSPS) is 13.6. The Hall–Kier alpha value is -3.19. The van der Waals surface area contributed by atoms with Gasteiger partial charge in [-0.1, -0.05) is 36.5 Å². The summed E-state index contributed by atoms with van der Waals surface area (Å²) in [5.74, 6) is -0.411. The summed E-state index contributed by atoms with van der Waals surface area (Å²) in [6.07, 6.45) is 8.74. The third-order valence-corrected chi connectivity index (χ3v) is 7.00. The highest BCUT2D eigenvalue weighted by atomic mass is 32.1. The number of hydrogen-bond acceptors (Lipinski definition) is 7. The second kappa shape index (κ2) is 17.6. The molecule has 0 radical (unpaired) electrons. The first-order chi connectivity index (χ1) is 19.6. The molecule has 0 saturated carbocycles. The Bertz CT molecular complexity index is 1210. The van der Waals surface area contributed by atoms with Crippen LogP contribution in [0.3, 0.4) is 0 Å². The lowest BCUT2D eigenvalue weighted by Crippen LogP contribution is -2.26. The maximum Gasteiger partial charge on any atom is 0.393 e. The first-order valence-electron chi connectivity index (χ1n) is 13.1. The molecule has 2 N–H and O–H groups in total. The van der Waals surface area contributed by atoms with Gasteiger partial charge in [0.1, 0.15) is 22.2 Å². The van der Waals surface area contributed by atoms with Gasteiger partial charge in [-0.15, -0.1) is 11.3 Å². The number of nitrogens with two attached hydrogens (primary N) is 1. The Morgan fingerprint density at radius 3 is 2.66 bits per heavy atom. The smallest absolute Gasteiger partial charge is 0.393 e. The van der Waals surface area contributed by atoms with E-state index in [1.165, 1.54) is 6.08 Å². The van der Waals surface area contributed by atoms with E-state index in [0.717, 1.165) is 43.3 Å². The fourth-order valence-corrected chi connectivity index (χ4v) is 4.59. The molecule has 12 heteroatoms. The zero-order valence-electron chi connectivity index (χ0n) is 23.9. The topological polar surface area (TPSA) is 91.8 Å². The van der Waals surface area contributed by atoms with Crippen LogP contribution in [0.1, 0.15) is 35.1 Å². The van der Waals surface area contributed by atoms with Gasteiger partial charge in [-0.25, -0.2) is 4.98 Å². The van der Waals surface area contributed by atoms with Crippen LogP contribution in [-0.4, -0.2) is 80.2 Å². The summed E-state index contributed by atoms with van der Waals surface area (Å²) in [5, 5.41) is 0.684. The Kier molecular flexibility index (Phi) is 14.6. The van der Waals surface area contributed by atoms with E-state index >= 15 is 0 Å². The summed E-state index contributed by atoms with van der Waals surface area (Å²) in [5.41, 5.74) is 6.98. The number of imidazole rings is 1. The minimum Gasteiger partial charge on any atom is -0.487 e. The molecule has 226 valence electrons. The number of halogens is 3. The van der Waals surface area contributed by atoms with Gasteiger partial charge in [0.05, 0.1) is 32.6 Å². The molecule has 0 fully saturated rings. The van der Waals surface area contributed by atoms with Crippen LogP contribution < -0.4 is 10.5 Å². The van der Waals surface area contributed by atoms with Crippen molar-refractivity contribution < 1.29 is 32.2 Å². The quantitative estimate of drug-likeness (QED) is 0.224. The third kappa shape index (κ3) is 12.5.